The van der Waals surface area contributed by atoms with Crippen LogP contribution in [0.4, 0.5) is 5.13 Å². The summed E-state index contributed by atoms with van der Waals surface area (Å²) < 4.78 is 4.25. The summed E-state index contributed by atoms with van der Waals surface area (Å²) in [6.07, 6.45) is 1.85. The van der Waals surface area contributed by atoms with Crippen LogP contribution in [0.5, 0.6) is 0 Å². The average molecular weight is 256 g/mol. The number of nitrogens with one attached hydrogen (secondary N) is 1. The fraction of sp³-hybridized carbons (Fsp3) is 0.700. The molecule has 0 amide bonds. The lowest BCUT2D eigenvalue weighted by atomic mass is 10.2. The fourth-order valence-corrected chi connectivity index (χ4v) is 2.63. The van der Waals surface area contributed by atoms with Crippen molar-refractivity contribution in [1.29, 1.82) is 0 Å². The first-order valence-electron chi connectivity index (χ1n) is 5.75. The first-order chi connectivity index (χ1) is 8.22. The Hall–Kier alpha value is -1.21. The molecule has 0 aliphatic carbocycles. The number of hydrogen-bond acceptors (Lipinski definition) is 6. The number of piperazine rings is 1. The van der Waals surface area contributed by atoms with Gasteiger partial charge in [-0.15, -0.1) is 0 Å². The number of carbonyl (C=O) groups is 1. The van der Waals surface area contributed by atoms with E-state index in [1.807, 2.05) is 4.90 Å². The van der Waals surface area contributed by atoms with Crippen LogP contribution < -0.4 is 10.2 Å². The first kappa shape index (κ1) is 12.3. The van der Waals surface area contributed by atoms with E-state index in [4.69, 9.17) is 5.11 Å². The number of aliphatic carboxylic acids is 1. The van der Waals surface area contributed by atoms with E-state index in [-0.39, 0.29) is 0 Å². The number of nitrogens with zero attached hydrogens (tertiary/aromatic N) is 3. The van der Waals surface area contributed by atoms with E-state index in [0.29, 0.717) is 13.1 Å². The van der Waals surface area contributed by atoms with Crippen molar-refractivity contribution in [2.24, 2.45) is 0 Å². The van der Waals surface area contributed by atoms with E-state index in [9.17, 15) is 4.79 Å². The van der Waals surface area contributed by atoms with Gasteiger partial charge >= 0.3 is 5.97 Å². The molecule has 7 heteroatoms. The van der Waals surface area contributed by atoms with Crippen molar-refractivity contribution in [3.8, 4) is 0 Å². The number of hydrogen-bond donors (Lipinski definition) is 2. The van der Waals surface area contributed by atoms with Crippen molar-refractivity contribution >= 4 is 22.6 Å². The van der Waals surface area contributed by atoms with Gasteiger partial charge in [0.25, 0.3) is 0 Å². The Morgan fingerprint density at radius 1 is 1.71 bits per heavy atom. The molecule has 6 nitrogen and oxygen atoms in total. The van der Waals surface area contributed by atoms with Crippen LogP contribution in [0.2, 0.25) is 0 Å². The van der Waals surface area contributed by atoms with Crippen molar-refractivity contribution in [2.75, 3.05) is 24.5 Å². The largest absolute Gasteiger partial charge is 0.480 e. The molecule has 0 aromatic carbocycles. The van der Waals surface area contributed by atoms with Gasteiger partial charge in [0.15, 0.2) is 0 Å². The summed E-state index contributed by atoms with van der Waals surface area (Å²) >= 11 is 1.29. The zero-order valence-electron chi connectivity index (χ0n) is 9.72. The monoisotopic (exact) mass is 256 g/mol. The van der Waals surface area contributed by atoms with Gasteiger partial charge in [-0.05, 0) is 6.42 Å². The summed E-state index contributed by atoms with van der Waals surface area (Å²) in [5, 5.41) is 13.0. The third-order valence-corrected chi connectivity index (χ3v) is 3.50. The maximum atomic E-state index is 11.1. The molecule has 0 saturated carbocycles. The molecule has 1 saturated heterocycles. The number of carboxylic acids is 1. The maximum Gasteiger partial charge on any atom is 0.327 e. The zero-order valence-corrected chi connectivity index (χ0v) is 10.5. The van der Waals surface area contributed by atoms with Crippen LogP contribution in [0.3, 0.4) is 0 Å². The van der Waals surface area contributed by atoms with E-state index in [0.717, 1.165) is 30.3 Å². The fourth-order valence-electron chi connectivity index (χ4n) is 1.84. The highest BCUT2D eigenvalue weighted by Crippen LogP contribution is 2.21. The standard InChI is InChI=1S/C10H16N4O2S/c1-2-3-8-12-10(17-13-8)14-5-4-11-6-7(14)9(15)16/h7,11H,2-6H2,1H3,(H,15,16). The number of aromatic nitrogens is 2. The maximum absolute atomic E-state index is 11.1. The van der Waals surface area contributed by atoms with Crippen molar-refractivity contribution in [1.82, 2.24) is 14.7 Å². The molecule has 17 heavy (non-hydrogen) atoms. The van der Waals surface area contributed by atoms with Gasteiger partial charge in [0.2, 0.25) is 5.13 Å². The Morgan fingerprint density at radius 2 is 2.53 bits per heavy atom. The van der Waals surface area contributed by atoms with E-state index >= 15 is 0 Å². The van der Waals surface area contributed by atoms with E-state index in [2.05, 4.69) is 21.6 Å². The highest BCUT2D eigenvalue weighted by Gasteiger charge is 2.30. The van der Waals surface area contributed by atoms with Crippen LogP contribution in [0.15, 0.2) is 0 Å². The van der Waals surface area contributed by atoms with E-state index in [1.54, 1.807) is 0 Å². The molecule has 94 valence electrons. The Balaban J connectivity index is 2.14. The molecule has 2 rings (SSSR count). The smallest absolute Gasteiger partial charge is 0.327 e. The van der Waals surface area contributed by atoms with Gasteiger partial charge in [0, 0.05) is 37.6 Å². The summed E-state index contributed by atoms with van der Waals surface area (Å²) in [6.45, 7) is 3.98. The van der Waals surface area contributed by atoms with Crippen LogP contribution >= 0.6 is 11.5 Å². The summed E-state index contributed by atoms with van der Waals surface area (Å²) in [7, 11) is 0. The van der Waals surface area contributed by atoms with Crippen LogP contribution in [0.1, 0.15) is 19.2 Å². The molecule has 0 spiro atoms. The summed E-state index contributed by atoms with van der Waals surface area (Å²) in [5.74, 6) is -0.000358. The second kappa shape index (κ2) is 5.42. The molecule has 0 radical (unpaired) electrons. The second-order valence-electron chi connectivity index (χ2n) is 3.99. The van der Waals surface area contributed by atoms with Gasteiger partial charge in [-0.25, -0.2) is 9.78 Å². The Labute approximate surface area is 104 Å². The molecule has 1 aliphatic rings. The molecule has 1 unspecified atom stereocenters. The van der Waals surface area contributed by atoms with Gasteiger partial charge in [-0.3, -0.25) is 0 Å². The van der Waals surface area contributed by atoms with Crippen LogP contribution in [0.25, 0.3) is 0 Å². The van der Waals surface area contributed by atoms with Gasteiger partial charge < -0.3 is 15.3 Å². The van der Waals surface area contributed by atoms with Crippen LogP contribution in [-0.4, -0.2) is 46.1 Å². The second-order valence-corrected chi connectivity index (χ2v) is 4.73. The molecular formula is C10H16N4O2S. The predicted octanol–water partition coefficient (Wildman–Crippen LogP) is 0.353. The third-order valence-electron chi connectivity index (χ3n) is 2.71. The van der Waals surface area contributed by atoms with Crippen LogP contribution in [-0.2, 0) is 11.2 Å². The molecule has 1 aromatic rings. The van der Waals surface area contributed by atoms with Gasteiger partial charge in [-0.1, -0.05) is 6.92 Å². The Kier molecular flexibility index (Phi) is 3.90. The minimum absolute atomic E-state index is 0.456. The average Bonchev–Trinajstić information content (AvgIpc) is 2.78. The number of aryl methyl sites for hydroxylation is 1. The number of carboxylic acid groups (broad SMARTS) is 1. The van der Waals surface area contributed by atoms with Crippen molar-refractivity contribution in [3.63, 3.8) is 0 Å². The lowest BCUT2D eigenvalue weighted by molar-refractivity contribution is -0.138. The van der Waals surface area contributed by atoms with E-state index < -0.39 is 12.0 Å². The van der Waals surface area contributed by atoms with Crippen molar-refractivity contribution in [3.05, 3.63) is 5.82 Å². The first-order valence-corrected chi connectivity index (χ1v) is 6.52. The number of rotatable bonds is 4. The molecule has 2 N–H and O–H groups in total. The Bertz CT molecular complexity index is 395. The quantitative estimate of drug-likeness (QED) is 0.809. The highest BCUT2D eigenvalue weighted by molar-refractivity contribution is 7.09. The predicted molar refractivity (Wildman–Crippen MR) is 65.5 cm³/mol. The van der Waals surface area contributed by atoms with Crippen molar-refractivity contribution < 1.29 is 9.90 Å². The molecule has 0 bridgehead atoms. The minimum atomic E-state index is -0.815. The SMILES string of the molecule is CCCc1nsc(N2CCNCC2C(=O)O)n1. The Morgan fingerprint density at radius 3 is 3.24 bits per heavy atom. The molecule has 1 aromatic heterocycles. The number of anilines is 1. The molecule has 1 aliphatic heterocycles. The van der Waals surface area contributed by atoms with Gasteiger partial charge in [-0.2, -0.15) is 4.37 Å². The zero-order chi connectivity index (χ0) is 12.3. The molecule has 1 atom stereocenters. The van der Waals surface area contributed by atoms with E-state index in [1.165, 1.54) is 11.5 Å². The van der Waals surface area contributed by atoms with Gasteiger partial charge in [0.1, 0.15) is 11.9 Å². The summed E-state index contributed by atoms with van der Waals surface area (Å²) in [4.78, 5) is 17.4. The van der Waals surface area contributed by atoms with Crippen molar-refractivity contribution in [2.45, 2.75) is 25.8 Å². The lowest BCUT2D eigenvalue weighted by Crippen LogP contribution is -2.55. The molecule has 2 heterocycles. The highest BCUT2D eigenvalue weighted by atomic mass is 32.1. The molecular weight excluding hydrogens is 240 g/mol. The third kappa shape index (κ3) is 2.73. The summed E-state index contributed by atoms with van der Waals surface area (Å²) in [6, 6.07) is -0.536. The molecule has 1 fully saturated rings. The van der Waals surface area contributed by atoms with Crippen LogP contribution in [0, 0.1) is 0 Å². The van der Waals surface area contributed by atoms with Gasteiger partial charge in [0.05, 0.1) is 0 Å². The normalized spacial score (nSPS) is 20.5. The topological polar surface area (TPSA) is 78.4 Å². The lowest BCUT2D eigenvalue weighted by Gasteiger charge is -2.32. The summed E-state index contributed by atoms with van der Waals surface area (Å²) in [5.41, 5.74) is 0. The minimum Gasteiger partial charge on any atom is -0.480 e.